The van der Waals surface area contributed by atoms with Gasteiger partial charge in [-0.05, 0) is 67.1 Å². The van der Waals surface area contributed by atoms with Gasteiger partial charge in [-0.2, -0.15) is 0 Å². The summed E-state index contributed by atoms with van der Waals surface area (Å²) in [5.41, 5.74) is 11.3. The van der Waals surface area contributed by atoms with E-state index in [0.29, 0.717) is 36.0 Å². The van der Waals surface area contributed by atoms with Crippen LogP contribution < -0.4 is 0 Å². The molecule has 0 aliphatic carbocycles. The van der Waals surface area contributed by atoms with Crippen LogP contribution in [0, 0.1) is 0 Å². The lowest BCUT2D eigenvalue weighted by Crippen LogP contribution is -2.18. The molecule has 2 rings (SSSR count). The highest BCUT2D eigenvalue weighted by Crippen LogP contribution is 2.20. The second-order valence-electron chi connectivity index (χ2n) is 7.33. The third-order valence-electron chi connectivity index (χ3n) is 4.78. The average Bonchev–Trinajstić information content (AvgIpc) is 2.81. The Kier molecular flexibility index (Phi) is 10.9. The molecule has 2 aromatic rings. The lowest BCUT2D eigenvalue weighted by Gasteiger charge is -2.12. The normalized spacial score (nSPS) is 12.4. The number of hydrogen-bond donors (Lipinski definition) is 0. The number of allylic oxidation sites excluding steroid dienone is 4. The Morgan fingerprint density at radius 3 is 2.48 bits per heavy atom. The van der Waals surface area contributed by atoms with Gasteiger partial charge in [0, 0.05) is 26.6 Å². The highest BCUT2D eigenvalue weighted by molar-refractivity contribution is 9.10. The van der Waals surface area contributed by atoms with Gasteiger partial charge in [0.25, 0.3) is 0 Å². The van der Waals surface area contributed by atoms with Crippen LogP contribution in [0.2, 0.25) is 0 Å². The van der Waals surface area contributed by atoms with Gasteiger partial charge >= 0.3 is 5.97 Å². The van der Waals surface area contributed by atoms with Crippen molar-refractivity contribution in [3.8, 4) is 0 Å². The van der Waals surface area contributed by atoms with Gasteiger partial charge in [-0.1, -0.05) is 63.5 Å². The van der Waals surface area contributed by atoms with Gasteiger partial charge < -0.3 is 4.74 Å². The van der Waals surface area contributed by atoms with Crippen molar-refractivity contribution in [2.75, 3.05) is 6.61 Å². The molecule has 0 unspecified atom stereocenters. The maximum Gasteiger partial charge on any atom is 0.331 e. The van der Waals surface area contributed by atoms with Crippen LogP contribution in [0.5, 0.6) is 0 Å². The van der Waals surface area contributed by atoms with Crippen molar-refractivity contribution in [2.45, 2.75) is 32.2 Å². The molecule has 0 aromatic heterocycles. The zero-order valence-corrected chi connectivity index (χ0v) is 20.1. The number of Topliss-reactive ketones (excluding diaryl/α,β-unsaturated/α-hetero) is 1. The van der Waals surface area contributed by atoms with E-state index < -0.39 is 12.0 Å². The number of carbonyl (C=O) groups is 2. The molecule has 0 aliphatic rings. The van der Waals surface area contributed by atoms with E-state index in [1.165, 1.54) is 6.08 Å². The van der Waals surface area contributed by atoms with Crippen molar-refractivity contribution in [1.29, 1.82) is 0 Å². The molecule has 2 aromatic carbocycles. The number of benzene rings is 2. The standard InChI is InChI=1S/C26H26BrN3O3/c1-3-4-6-11-24(26(32)21-12-14-22(27)15-13-21)19(2)16-25(31)33-18-23(29-30-28)17-20-9-7-5-8-10-20/h3,5,7-16,23H,1,4,6,17-18H2,2H3/b19-16-,24-11+/t23-/m0/s1. The Hall–Kier alpha value is -3.41. The first-order valence-corrected chi connectivity index (χ1v) is 11.3. The van der Waals surface area contributed by atoms with Crippen LogP contribution in [0.15, 0.2) is 100 Å². The number of nitrogens with zero attached hydrogens (tertiary/aromatic N) is 3. The van der Waals surface area contributed by atoms with Crippen LogP contribution in [0.3, 0.4) is 0 Å². The molecule has 7 heteroatoms. The number of halogens is 1. The summed E-state index contributed by atoms with van der Waals surface area (Å²) < 4.78 is 6.21. The highest BCUT2D eigenvalue weighted by Gasteiger charge is 2.16. The van der Waals surface area contributed by atoms with Crippen LogP contribution in [0.25, 0.3) is 10.4 Å². The molecular formula is C26H26BrN3O3. The maximum atomic E-state index is 13.1. The predicted molar refractivity (Wildman–Crippen MR) is 134 cm³/mol. The average molecular weight is 508 g/mol. The van der Waals surface area contributed by atoms with Gasteiger partial charge in [-0.15, -0.1) is 6.58 Å². The van der Waals surface area contributed by atoms with Gasteiger partial charge in [-0.3, -0.25) is 4.79 Å². The Balaban J connectivity index is 2.12. The fraction of sp³-hybridized carbons (Fsp3) is 0.231. The fourth-order valence-corrected chi connectivity index (χ4v) is 3.37. The van der Waals surface area contributed by atoms with Crippen molar-refractivity contribution < 1.29 is 14.3 Å². The van der Waals surface area contributed by atoms with Gasteiger partial charge in [0.15, 0.2) is 5.78 Å². The van der Waals surface area contributed by atoms with Crippen LogP contribution in [0.4, 0.5) is 0 Å². The summed E-state index contributed by atoms with van der Waals surface area (Å²) in [6.45, 7) is 5.35. The molecule has 0 saturated heterocycles. The van der Waals surface area contributed by atoms with E-state index >= 15 is 0 Å². The Bertz CT molecular complexity index is 1070. The zero-order chi connectivity index (χ0) is 24.1. The van der Waals surface area contributed by atoms with Crippen LogP contribution in [-0.4, -0.2) is 24.4 Å². The van der Waals surface area contributed by atoms with Gasteiger partial charge in [0.05, 0.1) is 6.04 Å². The van der Waals surface area contributed by atoms with Crippen molar-refractivity contribution in [1.82, 2.24) is 0 Å². The van der Waals surface area contributed by atoms with Crippen molar-refractivity contribution in [3.63, 3.8) is 0 Å². The number of azide groups is 1. The fourth-order valence-electron chi connectivity index (χ4n) is 3.10. The van der Waals surface area contributed by atoms with E-state index in [-0.39, 0.29) is 12.4 Å². The number of hydrogen-bond acceptors (Lipinski definition) is 4. The first-order chi connectivity index (χ1) is 15.9. The molecule has 0 N–H and O–H groups in total. The Morgan fingerprint density at radius 2 is 1.85 bits per heavy atom. The summed E-state index contributed by atoms with van der Waals surface area (Å²) in [6, 6.07) is 16.0. The quantitative estimate of drug-likeness (QED) is 0.0358. The van der Waals surface area contributed by atoms with Crippen molar-refractivity contribution >= 4 is 27.7 Å². The second-order valence-corrected chi connectivity index (χ2v) is 8.24. The summed E-state index contributed by atoms with van der Waals surface area (Å²) in [5.74, 6) is -0.777. The van der Waals surface area contributed by atoms with Crippen LogP contribution >= 0.6 is 15.9 Å². The van der Waals surface area contributed by atoms with Gasteiger partial charge in [0.2, 0.25) is 0 Å². The predicted octanol–water partition coefficient (Wildman–Crippen LogP) is 6.94. The van der Waals surface area contributed by atoms with Crippen LogP contribution in [0.1, 0.15) is 35.7 Å². The molecule has 0 fully saturated rings. The second kappa shape index (κ2) is 13.9. The molecule has 0 bridgehead atoms. The Labute approximate surface area is 202 Å². The van der Waals surface area contributed by atoms with Crippen LogP contribution in [-0.2, 0) is 16.0 Å². The number of ketones is 1. The number of ether oxygens (including phenoxy) is 1. The molecule has 0 amide bonds. The number of esters is 1. The molecule has 0 spiro atoms. The van der Waals surface area contributed by atoms with Crippen molar-refractivity contribution in [3.05, 3.63) is 117 Å². The minimum Gasteiger partial charge on any atom is -0.462 e. The molecule has 1 atom stereocenters. The smallest absolute Gasteiger partial charge is 0.331 e. The van der Waals surface area contributed by atoms with E-state index in [0.717, 1.165) is 10.0 Å². The largest absolute Gasteiger partial charge is 0.462 e. The molecule has 0 heterocycles. The summed E-state index contributed by atoms with van der Waals surface area (Å²) in [5, 5.41) is 3.73. The molecule has 0 saturated carbocycles. The molecule has 0 aliphatic heterocycles. The zero-order valence-electron chi connectivity index (χ0n) is 18.5. The molecule has 33 heavy (non-hydrogen) atoms. The first kappa shape index (κ1) is 25.8. The first-order valence-electron chi connectivity index (χ1n) is 10.5. The van der Waals surface area contributed by atoms with E-state index in [9.17, 15) is 9.59 Å². The van der Waals surface area contributed by atoms with E-state index in [1.807, 2.05) is 36.4 Å². The lowest BCUT2D eigenvalue weighted by atomic mass is 9.96. The molecule has 0 radical (unpaired) electrons. The number of carbonyl (C=O) groups excluding carboxylic acids is 2. The van der Waals surface area contributed by atoms with Gasteiger partial charge in [0.1, 0.15) is 6.61 Å². The minimum atomic E-state index is -0.600. The maximum absolute atomic E-state index is 13.1. The lowest BCUT2D eigenvalue weighted by molar-refractivity contribution is -0.138. The highest BCUT2D eigenvalue weighted by atomic mass is 79.9. The molecule has 6 nitrogen and oxygen atoms in total. The summed E-state index contributed by atoms with van der Waals surface area (Å²) in [6.07, 6.45) is 6.67. The van der Waals surface area contributed by atoms with E-state index in [2.05, 4.69) is 32.5 Å². The number of unbranched alkanes of at least 4 members (excludes halogenated alkanes) is 1. The number of rotatable bonds is 12. The molecule has 170 valence electrons. The topological polar surface area (TPSA) is 92.1 Å². The summed E-state index contributed by atoms with van der Waals surface area (Å²) in [7, 11) is 0. The van der Waals surface area contributed by atoms with E-state index in [1.54, 1.807) is 37.3 Å². The van der Waals surface area contributed by atoms with E-state index in [4.69, 9.17) is 10.3 Å². The Morgan fingerprint density at radius 1 is 1.15 bits per heavy atom. The minimum absolute atomic E-state index is 0.0578. The monoisotopic (exact) mass is 507 g/mol. The van der Waals surface area contributed by atoms with Gasteiger partial charge in [-0.25, -0.2) is 4.79 Å². The SMILES string of the molecule is C=CCC/C=C(C(=O)c1ccc(Br)cc1)\C(C)=C/C(=O)OC[C@H](Cc1ccccc1)N=[N+]=[N-]. The van der Waals surface area contributed by atoms with Crippen molar-refractivity contribution in [2.24, 2.45) is 5.11 Å². The summed E-state index contributed by atoms with van der Waals surface area (Å²) >= 11 is 3.37. The third-order valence-corrected chi connectivity index (χ3v) is 5.31. The summed E-state index contributed by atoms with van der Waals surface area (Å²) in [4.78, 5) is 28.4. The third kappa shape index (κ3) is 8.93. The molecular weight excluding hydrogens is 482 g/mol.